The van der Waals surface area contributed by atoms with E-state index in [1.807, 2.05) is 11.6 Å². The van der Waals surface area contributed by atoms with E-state index in [0.29, 0.717) is 6.61 Å². The number of hydrogen-bond acceptors (Lipinski definition) is 4. The first kappa shape index (κ1) is 12.5. The van der Waals surface area contributed by atoms with Gasteiger partial charge in [-0.05, 0) is 37.8 Å². The summed E-state index contributed by atoms with van der Waals surface area (Å²) in [5, 5.41) is 17.5. The summed E-state index contributed by atoms with van der Waals surface area (Å²) in [5.74, 6) is 1.01. The Hall–Kier alpha value is -0.940. The van der Waals surface area contributed by atoms with E-state index in [1.165, 1.54) is 0 Å². The molecule has 17 heavy (non-hydrogen) atoms. The molecule has 1 aliphatic heterocycles. The summed E-state index contributed by atoms with van der Waals surface area (Å²) in [7, 11) is 1.98. The van der Waals surface area contributed by atoms with Crippen molar-refractivity contribution in [1.82, 2.24) is 19.7 Å². The minimum Gasteiger partial charge on any atom is -0.396 e. The minimum absolute atomic E-state index is 0.163. The first-order valence-corrected chi connectivity index (χ1v) is 6.35. The number of rotatable bonds is 4. The van der Waals surface area contributed by atoms with Crippen molar-refractivity contribution in [2.45, 2.75) is 32.7 Å². The van der Waals surface area contributed by atoms with Gasteiger partial charge < -0.3 is 9.67 Å². The smallest absolute Gasteiger partial charge is 0.146 e. The maximum absolute atomic E-state index is 9.48. The molecule has 0 amide bonds. The molecule has 1 aromatic rings. The average molecular weight is 238 g/mol. The average Bonchev–Trinajstić information content (AvgIpc) is 2.77. The van der Waals surface area contributed by atoms with Gasteiger partial charge in [0.15, 0.2) is 0 Å². The third kappa shape index (κ3) is 2.66. The fourth-order valence-electron chi connectivity index (χ4n) is 2.46. The highest BCUT2D eigenvalue weighted by Crippen LogP contribution is 2.34. The standard InChI is InChI=1S/C12H22N4O/c1-3-12(9-17)4-6-16(7-5-12)8-11-14-13-10-15(11)2/h10,17H,3-9H2,1-2H3. The molecule has 1 aromatic heterocycles. The predicted octanol–water partition coefficient (Wildman–Crippen LogP) is 0.800. The number of aliphatic hydroxyl groups is 1. The van der Waals surface area contributed by atoms with Crippen molar-refractivity contribution in [2.75, 3.05) is 19.7 Å². The minimum atomic E-state index is 0.163. The highest BCUT2D eigenvalue weighted by molar-refractivity contribution is 4.89. The topological polar surface area (TPSA) is 54.2 Å². The van der Waals surface area contributed by atoms with Gasteiger partial charge in [0.2, 0.25) is 0 Å². The van der Waals surface area contributed by atoms with E-state index in [2.05, 4.69) is 22.0 Å². The number of aliphatic hydroxyl groups excluding tert-OH is 1. The monoisotopic (exact) mass is 238 g/mol. The van der Waals surface area contributed by atoms with E-state index < -0.39 is 0 Å². The van der Waals surface area contributed by atoms with Crippen LogP contribution in [0, 0.1) is 5.41 Å². The fraction of sp³-hybridized carbons (Fsp3) is 0.833. The maximum atomic E-state index is 9.48. The number of nitrogens with zero attached hydrogens (tertiary/aromatic N) is 4. The van der Waals surface area contributed by atoms with E-state index in [4.69, 9.17) is 0 Å². The van der Waals surface area contributed by atoms with Crippen LogP contribution in [0.2, 0.25) is 0 Å². The number of aryl methyl sites for hydroxylation is 1. The van der Waals surface area contributed by atoms with Crippen LogP contribution in [0.25, 0.3) is 0 Å². The van der Waals surface area contributed by atoms with Gasteiger partial charge in [-0.15, -0.1) is 10.2 Å². The highest BCUT2D eigenvalue weighted by Gasteiger charge is 2.32. The van der Waals surface area contributed by atoms with Crippen molar-refractivity contribution in [3.63, 3.8) is 0 Å². The molecule has 1 saturated heterocycles. The second-order valence-corrected chi connectivity index (χ2v) is 5.15. The van der Waals surface area contributed by atoms with Crippen LogP contribution in [0.5, 0.6) is 0 Å². The first-order chi connectivity index (χ1) is 8.19. The first-order valence-electron chi connectivity index (χ1n) is 6.35. The molecule has 0 aliphatic carbocycles. The van der Waals surface area contributed by atoms with Gasteiger partial charge in [0.25, 0.3) is 0 Å². The van der Waals surface area contributed by atoms with E-state index in [9.17, 15) is 5.11 Å². The lowest BCUT2D eigenvalue weighted by Crippen LogP contribution is -2.41. The molecule has 5 heteroatoms. The molecule has 96 valence electrons. The van der Waals surface area contributed by atoms with Gasteiger partial charge in [0, 0.05) is 13.7 Å². The molecular weight excluding hydrogens is 216 g/mol. The molecular formula is C12H22N4O. The molecule has 1 fully saturated rings. The van der Waals surface area contributed by atoms with Crippen LogP contribution in [0.15, 0.2) is 6.33 Å². The molecule has 0 spiro atoms. The Bertz CT molecular complexity index is 349. The summed E-state index contributed by atoms with van der Waals surface area (Å²) < 4.78 is 1.97. The van der Waals surface area contributed by atoms with Crippen LogP contribution >= 0.6 is 0 Å². The summed E-state index contributed by atoms with van der Waals surface area (Å²) >= 11 is 0. The fourth-order valence-corrected chi connectivity index (χ4v) is 2.46. The van der Waals surface area contributed by atoms with Gasteiger partial charge >= 0.3 is 0 Å². The highest BCUT2D eigenvalue weighted by atomic mass is 16.3. The van der Waals surface area contributed by atoms with E-state index >= 15 is 0 Å². The summed E-state index contributed by atoms with van der Waals surface area (Å²) in [6, 6.07) is 0. The largest absolute Gasteiger partial charge is 0.396 e. The summed E-state index contributed by atoms with van der Waals surface area (Å²) in [6.45, 7) is 5.44. The molecule has 0 saturated carbocycles. The summed E-state index contributed by atoms with van der Waals surface area (Å²) in [4.78, 5) is 2.40. The summed E-state index contributed by atoms with van der Waals surface area (Å²) in [6.07, 6.45) is 4.97. The van der Waals surface area contributed by atoms with Gasteiger partial charge in [-0.2, -0.15) is 0 Å². The number of likely N-dealkylation sites (tertiary alicyclic amines) is 1. The van der Waals surface area contributed by atoms with Crippen LogP contribution in [0.1, 0.15) is 32.0 Å². The molecule has 2 heterocycles. The third-order valence-corrected chi connectivity index (χ3v) is 4.17. The van der Waals surface area contributed by atoms with E-state index in [1.54, 1.807) is 6.33 Å². The Morgan fingerprint density at radius 3 is 2.59 bits per heavy atom. The normalized spacial score (nSPS) is 20.6. The zero-order valence-corrected chi connectivity index (χ0v) is 10.8. The molecule has 0 unspecified atom stereocenters. The molecule has 1 aliphatic rings. The van der Waals surface area contributed by atoms with Gasteiger partial charge in [0.05, 0.1) is 6.54 Å². The summed E-state index contributed by atoms with van der Waals surface area (Å²) in [5.41, 5.74) is 0.163. The molecule has 0 bridgehead atoms. The lowest BCUT2D eigenvalue weighted by atomic mass is 9.77. The zero-order chi connectivity index (χ0) is 12.3. The predicted molar refractivity (Wildman–Crippen MR) is 65.3 cm³/mol. The molecule has 0 atom stereocenters. The number of piperidine rings is 1. The Balaban J connectivity index is 1.89. The van der Waals surface area contributed by atoms with Gasteiger partial charge in [-0.3, -0.25) is 4.90 Å². The Labute approximate surface area is 102 Å². The zero-order valence-electron chi connectivity index (χ0n) is 10.8. The van der Waals surface area contributed by atoms with Crippen molar-refractivity contribution >= 4 is 0 Å². The van der Waals surface area contributed by atoms with Crippen molar-refractivity contribution in [1.29, 1.82) is 0 Å². The second kappa shape index (κ2) is 5.14. The van der Waals surface area contributed by atoms with Crippen LogP contribution in [-0.4, -0.2) is 44.5 Å². The van der Waals surface area contributed by atoms with Crippen LogP contribution in [0.4, 0.5) is 0 Å². The lowest BCUT2D eigenvalue weighted by molar-refractivity contribution is 0.0371. The molecule has 0 aromatic carbocycles. The maximum Gasteiger partial charge on any atom is 0.146 e. The number of aromatic nitrogens is 3. The number of hydrogen-bond donors (Lipinski definition) is 1. The molecule has 0 radical (unpaired) electrons. The van der Waals surface area contributed by atoms with Gasteiger partial charge in [-0.25, -0.2) is 0 Å². The van der Waals surface area contributed by atoms with Crippen molar-refractivity contribution in [3.05, 3.63) is 12.2 Å². The Morgan fingerprint density at radius 2 is 2.12 bits per heavy atom. The quantitative estimate of drug-likeness (QED) is 0.843. The van der Waals surface area contributed by atoms with Crippen LogP contribution in [-0.2, 0) is 13.6 Å². The lowest BCUT2D eigenvalue weighted by Gasteiger charge is -2.40. The Morgan fingerprint density at radius 1 is 1.41 bits per heavy atom. The van der Waals surface area contributed by atoms with Crippen molar-refractivity contribution in [2.24, 2.45) is 12.5 Å². The van der Waals surface area contributed by atoms with Gasteiger partial charge in [-0.1, -0.05) is 6.92 Å². The van der Waals surface area contributed by atoms with Gasteiger partial charge in [0.1, 0.15) is 12.2 Å². The molecule has 2 rings (SSSR count). The SMILES string of the molecule is CCC1(CO)CCN(Cc2nncn2C)CC1. The Kier molecular flexibility index (Phi) is 3.79. The van der Waals surface area contributed by atoms with Crippen LogP contribution in [0.3, 0.4) is 0 Å². The van der Waals surface area contributed by atoms with Crippen molar-refractivity contribution < 1.29 is 5.11 Å². The van der Waals surface area contributed by atoms with E-state index in [0.717, 1.165) is 44.7 Å². The second-order valence-electron chi connectivity index (χ2n) is 5.15. The van der Waals surface area contributed by atoms with Crippen molar-refractivity contribution in [3.8, 4) is 0 Å². The third-order valence-electron chi connectivity index (χ3n) is 4.17. The molecule has 5 nitrogen and oxygen atoms in total. The van der Waals surface area contributed by atoms with Crippen LogP contribution < -0.4 is 0 Å². The molecule has 1 N–H and O–H groups in total. The van der Waals surface area contributed by atoms with E-state index in [-0.39, 0.29) is 5.41 Å².